The Labute approximate surface area is 156 Å². The third kappa shape index (κ3) is 5.58. The number of rotatable bonds is 6. The molecule has 0 radical (unpaired) electrons. The highest BCUT2D eigenvalue weighted by Crippen LogP contribution is 2.16. The Morgan fingerprint density at radius 1 is 1.24 bits per heavy atom. The molecule has 2 rings (SSSR count). The van der Waals surface area contributed by atoms with Crippen molar-refractivity contribution in [2.45, 2.75) is 34.2 Å². The molecule has 5 nitrogen and oxygen atoms in total. The van der Waals surface area contributed by atoms with Crippen molar-refractivity contribution in [2.24, 2.45) is 11.1 Å². The fourth-order valence-electron chi connectivity index (χ4n) is 2.76. The van der Waals surface area contributed by atoms with E-state index in [9.17, 15) is 4.79 Å². The van der Waals surface area contributed by atoms with Gasteiger partial charge in [0.05, 0.1) is 12.2 Å². The van der Waals surface area contributed by atoms with E-state index in [2.05, 4.69) is 25.0 Å². The number of halogens is 1. The van der Waals surface area contributed by atoms with Gasteiger partial charge in [-0.1, -0.05) is 26.0 Å². The van der Waals surface area contributed by atoms with Gasteiger partial charge in [-0.3, -0.25) is 9.48 Å². The summed E-state index contributed by atoms with van der Waals surface area (Å²) in [6, 6.07) is 9.81. The van der Waals surface area contributed by atoms with Gasteiger partial charge in [-0.2, -0.15) is 5.10 Å². The highest BCUT2D eigenvalue weighted by molar-refractivity contribution is 5.94. The van der Waals surface area contributed by atoms with Crippen LogP contribution in [0.1, 0.15) is 41.2 Å². The van der Waals surface area contributed by atoms with Crippen LogP contribution in [0.25, 0.3) is 0 Å². The molecule has 0 saturated heterocycles. The lowest BCUT2D eigenvalue weighted by Crippen LogP contribution is -2.39. The van der Waals surface area contributed by atoms with Crippen molar-refractivity contribution in [3.63, 3.8) is 0 Å². The summed E-state index contributed by atoms with van der Waals surface area (Å²) in [4.78, 5) is 14.3. The van der Waals surface area contributed by atoms with Gasteiger partial charge in [-0.25, -0.2) is 0 Å². The Bertz CT molecular complexity index is 707. The molecule has 2 aromatic rings. The van der Waals surface area contributed by atoms with Crippen LogP contribution in [0.2, 0.25) is 0 Å². The van der Waals surface area contributed by atoms with E-state index in [-0.39, 0.29) is 23.7 Å². The molecule has 1 aromatic carbocycles. The minimum absolute atomic E-state index is 0. The number of nitrogens with two attached hydrogens (primary N) is 1. The molecule has 0 aliphatic carbocycles. The average Bonchev–Trinajstić information content (AvgIpc) is 2.84. The minimum Gasteiger partial charge on any atom is -0.341 e. The first-order valence-electron chi connectivity index (χ1n) is 8.27. The number of aromatic nitrogens is 2. The fourth-order valence-corrected chi connectivity index (χ4v) is 2.76. The van der Waals surface area contributed by atoms with Gasteiger partial charge in [0.1, 0.15) is 0 Å². The van der Waals surface area contributed by atoms with Crippen molar-refractivity contribution in [1.29, 1.82) is 0 Å². The normalized spacial score (nSPS) is 11.1. The molecule has 0 aliphatic rings. The third-order valence-electron chi connectivity index (χ3n) is 4.20. The quantitative estimate of drug-likeness (QED) is 0.856. The number of hydrogen-bond acceptors (Lipinski definition) is 3. The minimum atomic E-state index is -0.0835. The van der Waals surface area contributed by atoms with Gasteiger partial charge >= 0.3 is 0 Å². The summed E-state index contributed by atoms with van der Waals surface area (Å²) < 4.78 is 1.97. The van der Waals surface area contributed by atoms with Crippen LogP contribution in [-0.4, -0.2) is 40.7 Å². The molecule has 0 atom stereocenters. The number of carbonyl (C=O) groups excluding carboxylic acids is 1. The molecule has 0 unspecified atom stereocenters. The smallest absolute Gasteiger partial charge is 0.253 e. The van der Waals surface area contributed by atoms with E-state index in [1.54, 1.807) is 4.90 Å². The summed E-state index contributed by atoms with van der Waals surface area (Å²) in [5, 5.41) is 4.47. The lowest BCUT2D eigenvalue weighted by Gasteiger charge is -2.29. The van der Waals surface area contributed by atoms with E-state index in [4.69, 9.17) is 5.73 Å². The Morgan fingerprint density at radius 2 is 1.84 bits per heavy atom. The second kappa shape index (κ2) is 8.50. The molecular formula is C19H29ClN4O. The van der Waals surface area contributed by atoms with Crippen LogP contribution in [0.5, 0.6) is 0 Å². The van der Waals surface area contributed by atoms with E-state index < -0.39 is 0 Å². The molecule has 0 bridgehead atoms. The Kier molecular flexibility index (Phi) is 7.20. The number of carbonyl (C=O) groups is 1. The first kappa shape index (κ1) is 21.2. The molecule has 0 fully saturated rings. The first-order valence-corrected chi connectivity index (χ1v) is 8.27. The summed E-state index contributed by atoms with van der Waals surface area (Å²) in [6.45, 7) is 10.1. The van der Waals surface area contributed by atoms with E-state index in [1.807, 2.05) is 49.8 Å². The molecule has 6 heteroatoms. The van der Waals surface area contributed by atoms with Crippen LogP contribution in [-0.2, 0) is 6.54 Å². The van der Waals surface area contributed by atoms with Gasteiger partial charge in [0.2, 0.25) is 0 Å². The highest BCUT2D eigenvalue weighted by atomic mass is 35.5. The number of hydrogen-bond donors (Lipinski definition) is 1. The molecule has 0 saturated carbocycles. The van der Waals surface area contributed by atoms with Crippen molar-refractivity contribution in [3.8, 4) is 0 Å². The van der Waals surface area contributed by atoms with E-state index in [1.165, 1.54) is 0 Å². The maximum Gasteiger partial charge on any atom is 0.253 e. The predicted molar refractivity (Wildman–Crippen MR) is 104 cm³/mol. The summed E-state index contributed by atoms with van der Waals surface area (Å²) in [5.74, 6) is 0.0224. The van der Waals surface area contributed by atoms with E-state index >= 15 is 0 Å². The van der Waals surface area contributed by atoms with Gasteiger partial charge < -0.3 is 10.6 Å². The Balaban J connectivity index is 0.00000312. The van der Waals surface area contributed by atoms with E-state index in [0.717, 1.165) is 17.0 Å². The summed E-state index contributed by atoms with van der Waals surface area (Å²) >= 11 is 0. The molecule has 25 heavy (non-hydrogen) atoms. The van der Waals surface area contributed by atoms with Gasteiger partial charge in [-0.15, -0.1) is 12.4 Å². The molecule has 1 heterocycles. The molecule has 1 aromatic heterocycles. The van der Waals surface area contributed by atoms with Crippen LogP contribution in [0, 0.1) is 19.3 Å². The summed E-state index contributed by atoms with van der Waals surface area (Å²) in [7, 11) is 1.82. The van der Waals surface area contributed by atoms with Gasteiger partial charge in [0.15, 0.2) is 0 Å². The maximum absolute atomic E-state index is 12.5. The lowest BCUT2D eigenvalue weighted by molar-refractivity contribution is 0.0740. The monoisotopic (exact) mass is 364 g/mol. The van der Waals surface area contributed by atoms with Crippen LogP contribution in [0.4, 0.5) is 0 Å². The fraction of sp³-hybridized carbons (Fsp3) is 0.474. The third-order valence-corrected chi connectivity index (χ3v) is 4.20. The summed E-state index contributed by atoms with van der Waals surface area (Å²) in [5.41, 5.74) is 9.65. The van der Waals surface area contributed by atoms with Crippen molar-refractivity contribution in [1.82, 2.24) is 14.7 Å². The number of aryl methyl sites for hydroxylation is 2. The Morgan fingerprint density at radius 3 is 2.32 bits per heavy atom. The SMILES string of the molecule is Cc1cc(C)n(Cc2ccc(C(=O)N(C)CC(C)(C)CN)cc2)n1.Cl. The van der Waals surface area contributed by atoms with Gasteiger partial charge in [0, 0.05) is 24.8 Å². The maximum atomic E-state index is 12.5. The zero-order valence-electron chi connectivity index (χ0n) is 15.7. The Hall–Kier alpha value is -1.85. The second-order valence-electron chi connectivity index (χ2n) is 7.31. The molecule has 138 valence electrons. The summed E-state index contributed by atoms with van der Waals surface area (Å²) in [6.07, 6.45) is 0. The number of nitrogens with zero attached hydrogens (tertiary/aromatic N) is 3. The van der Waals surface area contributed by atoms with Crippen molar-refractivity contribution in [3.05, 3.63) is 52.8 Å². The highest BCUT2D eigenvalue weighted by Gasteiger charge is 2.21. The van der Waals surface area contributed by atoms with Crippen molar-refractivity contribution < 1.29 is 4.79 Å². The van der Waals surface area contributed by atoms with Crippen molar-refractivity contribution >= 4 is 18.3 Å². The second-order valence-corrected chi connectivity index (χ2v) is 7.31. The zero-order chi connectivity index (χ0) is 17.9. The zero-order valence-corrected chi connectivity index (χ0v) is 16.6. The molecular weight excluding hydrogens is 336 g/mol. The lowest BCUT2D eigenvalue weighted by atomic mass is 9.93. The predicted octanol–water partition coefficient (Wildman–Crippen LogP) is 3.03. The average molecular weight is 365 g/mol. The van der Waals surface area contributed by atoms with Crippen LogP contribution in [0.3, 0.4) is 0 Å². The van der Waals surface area contributed by atoms with Crippen molar-refractivity contribution in [2.75, 3.05) is 20.1 Å². The van der Waals surface area contributed by atoms with Crippen LogP contribution < -0.4 is 5.73 Å². The van der Waals surface area contributed by atoms with E-state index in [0.29, 0.717) is 25.2 Å². The number of benzene rings is 1. The molecule has 1 amide bonds. The van der Waals surface area contributed by atoms with Gasteiger partial charge in [-0.05, 0) is 49.6 Å². The van der Waals surface area contributed by atoms with Crippen LogP contribution in [0.15, 0.2) is 30.3 Å². The van der Waals surface area contributed by atoms with Gasteiger partial charge in [0.25, 0.3) is 5.91 Å². The molecule has 0 spiro atoms. The van der Waals surface area contributed by atoms with Crippen LogP contribution >= 0.6 is 12.4 Å². The standard InChI is InChI=1S/C19H28N4O.ClH/c1-14-10-15(2)23(21-14)11-16-6-8-17(9-7-16)18(24)22(5)13-19(3,4)12-20;/h6-10H,11-13,20H2,1-5H3;1H. The largest absolute Gasteiger partial charge is 0.341 e. The first-order chi connectivity index (χ1) is 11.2. The molecule has 0 aliphatic heterocycles. The number of amides is 1. The topological polar surface area (TPSA) is 64.2 Å². The molecule has 2 N–H and O–H groups in total.